The third-order valence-electron chi connectivity index (χ3n) is 3.62. The number of hydrogen-bond donors (Lipinski definition) is 2. The van der Waals surface area contributed by atoms with Gasteiger partial charge >= 0.3 is 0 Å². The van der Waals surface area contributed by atoms with Crippen molar-refractivity contribution in [2.24, 2.45) is 5.84 Å². The average molecular weight is 325 g/mol. The summed E-state index contributed by atoms with van der Waals surface area (Å²) in [6.45, 7) is 0. The van der Waals surface area contributed by atoms with Crippen molar-refractivity contribution in [3.63, 3.8) is 0 Å². The number of methoxy groups -OCH3 is 1. The van der Waals surface area contributed by atoms with Crippen LogP contribution in [-0.2, 0) is 0 Å². The highest BCUT2D eigenvalue weighted by molar-refractivity contribution is 9.10. The van der Waals surface area contributed by atoms with Crippen molar-refractivity contribution in [3.05, 3.63) is 39.9 Å². The fraction of sp³-hybridized carbons (Fsp3) is 0.467. The molecule has 104 valence electrons. The van der Waals surface area contributed by atoms with E-state index in [1.54, 1.807) is 7.11 Å². The Morgan fingerprint density at radius 2 is 2.16 bits per heavy atom. The quantitative estimate of drug-likeness (QED) is 0.502. The molecular formula is C15H21BrN2O. The Kier molecular flexibility index (Phi) is 5.43. The number of halogens is 1. The lowest BCUT2D eigenvalue weighted by Gasteiger charge is -2.20. The van der Waals surface area contributed by atoms with Gasteiger partial charge in [0.05, 0.1) is 17.6 Å². The molecule has 4 heteroatoms. The molecule has 0 fully saturated rings. The highest BCUT2D eigenvalue weighted by Gasteiger charge is 2.17. The van der Waals surface area contributed by atoms with Crippen LogP contribution in [0.25, 0.3) is 0 Å². The fourth-order valence-corrected chi connectivity index (χ4v) is 3.14. The summed E-state index contributed by atoms with van der Waals surface area (Å²) in [5.41, 5.74) is 5.52. The minimum absolute atomic E-state index is 0.0975. The molecule has 0 bridgehead atoms. The Hall–Kier alpha value is -0.840. The first kappa shape index (κ1) is 14.6. The number of hydrogen-bond acceptors (Lipinski definition) is 3. The molecule has 19 heavy (non-hydrogen) atoms. The number of rotatable bonds is 4. The predicted octanol–water partition coefficient (Wildman–Crippen LogP) is 3.85. The van der Waals surface area contributed by atoms with Crippen molar-refractivity contribution in [1.82, 2.24) is 5.43 Å². The maximum absolute atomic E-state index is 5.77. The highest BCUT2D eigenvalue weighted by Crippen LogP contribution is 2.33. The molecule has 2 rings (SSSR count). The summed E-state index contributed by atoms with van der Waals surface area (Å²) in [4.78, 5) is 0. The summed E-state index contributed by atoms with van der Waals surface area (Å²) < 4.78 is 6.23. The maximum Gasteiger partial charge on any atom is 0.133 e. The van der Waals surface area contributed by atoms with E-state index in [0.717, 1.165) is 23.1 Å². The number of benzene rings is 1. The van der Waals surface area contributed by atoms with Crippen molar-refractivity contribution >= 4 is 15.9 Å². The number of nitrogens with one attached hydrogen (secondary N) is 1. The van der Waals surface area contributed by atoms with E-state index in [4.69, 9.17) is 10.6 Å². The van der Waals surface area contributed by atoms with E-state index in [1.165, 1.54) is 30.4 Å². The lowest BCUT2D eigenvalue weighted by Crippen LogP contribution is -2.29. The van der Waals surface area contributed by atoms with Gasteiger partial charge in [0.1, 0.15) is 5.75 Å². The van der Waals surface area contributed by atoms with Gasteiger partial charge in [-0.05, 0) is 59.3 Å². The lowest BCUT2D eigenvalue weighted by molar-refractivity contribution is 0.411. The van der Waals surface area contributed by atoms with Crippen LogP contribution >= 0.6 is 15.9 Å². The van der Waals surface area contributed by atoms with Gasteiger partial charge in [0.15, 0.2) is 0 Å². The van der Waals surface area contributed by atoms with Crippen LogP contribution in [0.15, 0.2) is 34.3 Å². The van der Waals surface area contributed by atoms with E-state index in [0.29, 0.717) is 0 Å². The molecule has 0 aromatic heterocycles. The first-order chi connectivity index (χ1) is 9.26. The monoisotopic (exact) mass is 324 g/mol. The molecule has 3 nitrogen and oxygen atoms in total. The molecule has 1 aromatic carbocycles. The van der Waals surface area contributed by atoms with Crippen molar-refractivity contribution in [1.29, 1.82) is 0 Å². The van der Waals surface area contributed by atoms with E-state index >= 15 is 0 Å². The molecule has 1 aliphatic rings. The lowest BCUT2D eigenvalue weighted by atomic mass is 9.95. The van der Waals surface area contributed by atoms with Gasteiger partial charge < -0.3 is 4.74 Å². The summed E-state index contributed by atoms with van der Waals surface area (Å²) in [7, 11) is 1.67. The largest absolute Gasteiger partial charge is 0.496 e. The normalized spacial score (nSPS) is 17.5. The minimum Gasteiger partial charge on any atom is -0.496 e. The molecule has 1 aromatic rings. The van der Waals surface area contributed by atoms with Gasteiger partial charge in [-0.15, -0.1) is 0 Å². The summed E-state index contributed by atoms with van der Waals surface area (Å²) in [5.74, 6) is 6.61. The first-order valence-electron chi connectivity index (χ1n) is 6.74. The van der Waals surface area contributed by atoms with Crippen LogP contribution in [0.4, 0.5) is 0 Å². The first-order valence-corrected chi connectivity index (χ1v) is 7.54. The molecule has 0 spiro atoms. The van der Waals surface area contributed by atoms with Crippen LogP contribution in [0.5, 0.6) is 5.75 Å². The zero-order valence-corrected chi connectivity index (χ0v) is 12.9. The summed E-state index contributed by atoms with van der Waals surface area (Å²) in [6, 6.07) is 6.22. The smallest absolute Gasteiger partial charge is 0.133 e. The number of allylic oxidation sites excluding steroid dienone is 1. The Morgan fingerprint density at radius 3 is 2.84 bits per heavy atom. The van der Waals surface area contributed by atoms with E-state index < -0.39 is 0 Å². The average Bonchev–Trinajstić information content (AvgIpc) is 2.69. The predicted molar refractivity (Wildman–Crippen MR) is 81.9 cm³/mol. The van der Waals surface area contributed by atoms with Gasteiger partial charge in [-0.2, -0.15) is 0 Å². The Labute approximate surface area is 123 Å². The van der Waals surface area contributed by atoms with Crippen molar-refractivity contribution < 1.29 is 4.74 Å². The molecule has 0 saturated carbocycles. The third kappa shape index (κ3) is 3.59. The zero-order chi connectivity index (χ0) is 13.7. The third-order valence-corrected chi connectivity index (χ3v) is 4.24. The minimum atomic E-state index is 0.0975. The molecule has 0 saturated heterocycles. The van der Waals surface area contributed by atoms with Gasteiger partial charge in [-0.25, -0.2) is 5.43 Å². The maximum atomic E-state index is 5.77. The standard InChI is InChI=1S/C15H21BrN2O/c1-19-14-9-8-12(10-13(14)16)15(18-17)11-6-4-2-3-5-7-11/h6,8-10,15,18H,2-5,7,17H2,1H3. The molecule has 0 aliphatic heterocycles. The second-order valence-electron chi connectivity index (χ2n) is 4.87. The molecule has 1 atom stereocenters. The summed E-state index contributed by atoms with van der Waals surface area (Å²) in [6.07, 6.45) is 8.47. The van der Waals surface area contributed by atoms with Crippen molar-refractivity contribution in [2.45, 2.75) is 38.1 Å². The molecule has 0 heterocycles. The molecule has 1 aliphatic carbocycles. The van der Waals surface area contributed by atoms with Gasteiger partial charge in [0, 0.05) is 0 Å². The molecule has 1 unspecified atom stereocenters. The SMILES string of the molecule is COc1ccc(C(NN)C2=CCCCCC2)cc1Br. The zero-order valence-electron chi connectivity index (χ0n) is 11.3. The number of ether oxygens (including phenoxy) is 1. The van der Waals surface area contributed by atoms with Gasteiger partial charge in [-0.3, -0.25) is 5.84 Å². The van der Waals surface area contributed by atoms with Crippen LogP contribution in [-0.4, -0.2) is 7.11 Å². The van der Waals surface area contributed by atoms with Crippen molar-refractivity contribution in [3.8, 4) is 5.75 Å². The molecular weight excluding hydrogens is 304 g/mol. The topological polar surface area (TPSA) is 47.3 Å². The molecule has 3 N–H and O–H groups in total. The van der Waals surface area contributed by atoms with E-state index in [9.17, 15) is 0 Å². The van der Waals surface area contributed by atoms with E-state index in [-0.39, 0.29) is 6.04 Å². The second-order valence-corrected chi connectivity index (χ2v) is 5.73. The van der Waals surface area contributed by atoms with Crippen LogP contribution in [0, 0.1) is 0 Å². The van der Waals surface area contributed by atoms with Crippen LogP contribution < -0.4 is 16.0 Å². The fourth-order valence-electron chi connectivity index (χ4n) is 2.58. The second kappa shape index (κ2) is 7.08. The van der Waals surface area contributed by atoms with E-state index in [2.05, 4.69) is 39.6 Å². The van der Waals surface area contributed by atoms with Gasteiger partial charge in [-0.1, -0.05) is 24.1 Å². The highest BCUT2D eigenvalue weighted by atomic mass is 79.9. The van der Waals surface area contributed by atoms with Gasteiger partial charge in [0.25, 0.3) is 0 Å². The Morgan fingerprint density at radius 1 is 1.32 bits per heavy atom. The Bertz CT molecular complexity index is 459. The Balaban J connectivity index is 2.25. The number of hydrazine groups is 1. The van der Waals surface area contributed by atoms with Gasteiger partial charge in [0.2, 0.25) is 0 Å². The van der Waals surface area contributed by atoms with Crippen LogP contribution in [0.3, 0.4) is 0 Å². The molecule has 0 radical (unpaired) electrons. The summed E-state index contributed by atoms with van der Waals surface area (Å²) >= 11 is 3.53. The van der Waals surface area contributed by atoms with E-state index in [1.807, 2.05) is 6.07 Å². The van der Waals surface area contributed by atoms with Crippen LogP contribution in [0.2, 0.25) is 0 Å². The van der Waals surface area contributed by atoms with Crippen LogP contribution in [0.1, 0.15) is 43.7 Å². The summed E-state index contributed by atoms with van der Waals surface area (Å²) in [5, 5.41) is 0. The number of nitrogens with two attached hydrogens (primary N) is 1. The molecule has 0 amide bonds. The van der Waals surface area contributed by atoms with Crippen molar-refractivity contribution in [2.75, 3.05) is 7.11 Å².